The van der Waals surface area contributed by atoms with Gasteiger partial charge in [0.2, 0.25) is 0 Å². The molecule has 1 rings (SSSR count). The Hall–Kier alpha value is -0.0800. The maximum absolute atomic E-state index is 3.66. The van der Waals surface area contributed by atoms with Crippen molar-refractivity contribution in [2.45, 2.75) is 53.0 Å². The molecular weight excluding hydrogens is 196 g/mol. The minimum atomic E-state index is 0.716. The van der Waals surface area contributed by atoms with Crippen LogP contribution in [0.15, 0.2) is 0 Å². The molecule has 1 saturated heterocycles. The van der Waals surface area contributed by atoms with Crippen LogP contribution in [0.25, 0.3) is 0 Å². The lowest BCUT2D eigenvalue weighted by atomic mass is 9.85. The van der Waals surface area contributed by atoms with Crippen molar-refractivity contribution in [2.24, 2.45) is 17.8 Å². The number of piperidine rings is 1. The van der Waals surface area contributed by atoms with Gasteiger partial charge in [-0.2, -0.15) is 0 Å². The maximum atomic E-state index is 3.66. The lowest BCUT2D eigenvalue weighted by Gasteiger charge is -2.28. The quantitative estimate of drug-likeness (QED) is 0.727. The van der Waals surface area contributed by atoms with E-state index < -0.39 is 0 Å². The van der Waals surface area contributed by atoms with Gasteiger partial charge in [0.25, 0.3) is 0 Å². The van der Waals surface area contributed by atoms with Crippen molar-refractivity contribution in [1.29, 1.82) is 0 Å². The molecule has 2 heteroatoms. The molecule has 1 heterocycles. The van der Waals surface area contributed by atoms with Crippen LogP contribution in [0.3, 0.4) is 0 Å². The zero-order valence-electron chi connectivity index (χ0n) is 11.6. The van der Waals surface area contributed by atoms with E-state index in [0.29, 0.717) is 6.04 Å². The Morgan fingerprint density at radius 2 is 1.81 bits per heavy atom. The molecule has 0 spiro atoms. The molecule has 1 unspecified atom stereocenters. The van der Waals surface area contributed by atoms with Crippen LogP contribution in [-0.2, 0) is 0 Å². The first kappa shape index (κ1) is 14.0. The van der Waals surface area contributed by atoms with Gasteiger partial charge >= 0.3 is 0 Å². The number of hydrogen-bond donors (Lipinski definition) is 2. The number of hydrogen-bond acceptors (Lipinski definition) is 2. The zero-order chi connectivity index (χ0) is 12.0. The van der Waals surface area contributed by atoms with Crippen LogP contribution < -0.4 is 10.6 Å². The molecule has 0 aliphatic carbocycles. The maximum Gasteiger partial charge on any atom is 0.0192 e. The first-order valence-corrected chi connectivity index (χ1v) is 7.05. The fourth-order valence-electron chi connectivity index (χ4n) is 2.76. The molecule has 0 radical (unpaired) electrons. The average molecular weight is 226 g/mol. The highest BCUT2D eigenvalue weighted by Crippen LogP contribution is 2.19. The van der Waals surface area contributed by atoms with E-state index >= 15 is 0 Å². The Bertz CT molecular complexity index is 164. The lowest BCUT2D eigenvalue weighted by Crippen LogP contribution is -2.43. The molecule has 96 valence electrons. The molecule has 2 nitrogen and oxygen atoms in total. The molecule has 1 fully saturated rings. The van der Waals surface area contributed by atoms with E-state index in [2.05, 4.69) is 38.3 Å². The summed E-state index contributed by atoms with van der Waals surface area (Å²) in [5.41, 5.74) is 0. The topological polar surface area (TPSA) is 24.1 Å². The van der Waals surface area contributed by atoms with Crippen LogP contribution in [0.2, 0.25) is 0 Å². The second-order valence-corrected chi connectivity index (χ2v) is 5.96. The van der Waals surface area contributed by atoms with E-state index in [1.165, 1.54) is 32.4 Å². The minimum Gasteiger partial charge on any atom is -0.315 e. The lowest BCUT2D eigenvalue weighted by molar-refractivity contribution is 0.267. The fraction of sp³-hybridized carbons (Fsp3) is 1.00. The van der Waals surface area contributed by atoms with Gasteiger partial charge in [0, 0.05) is 12.6 Å². The van der Waals surface area contributed by atoms with Gasteiger partial charge in [-0.3, -0.25) is 0 Å². The smallest absolute Gasteiger partial charge is 0.0192 e. The standard InChI is InChI=1S/C14H30N2/c1-11(2)14(12(3)4)10-15-9-13-7-5-6-8-16-13/h11-16H,5-10H2,1-4H3. The molecule has 0 saturated carbocycles. The molecule has 16 heavy (non-hydrogen) atoms. The van der Waals surface area contributed by atoms with Gasteiger partial charge in [0.1, 0.15) is 0 Å². The molecule has 1 aliphatic heterocycles. The molecule has 0 aromatic carbocycles. The summed E-state index contributed by atoms with van der Waals surface area (Å²) in [5, 5.41) is 7.24. The second-order valence-electron chi connectivity index (χ2n) is 5.96. The summed E-state index contributed by atoms with van der Waals surface area (Å²) < 4.78 is 0. The predicted molar refractivity (Wildman–Crippen MR) is 71.7 cm³/mol. The molecule has 1 atom stereocenters. The monoisotopic (exact) mass is 226 g/mol. The Labute approximate surface area is 102 Å². The predicted octanol–water partition coefficient (Wildman–Crippen LogP) is 2.65. The van der Waals surface area contributed by atoms with Crippen molar-refractivity contribution in [3.63, 3.8) is 0 Å². The minimum absolute atomic E-state index is 0.716. The van der Waals surface area contributed by atoms with Crippen LogP contribution in [0, 0.1) is 17.8 Å². The fourth-order valence-corrected chi connectivity index (χ4v) is 2.76. The van der Waals surface area contributed by atoms with Gasteiger partial charge in [-0.1, -0.05) is 34.1 Å². The SMILES string of the molecule is CC(C)C(CNCC1CCCCN1)C(C)C. The molecule has 0 amide bonds. The summed E-state index contributed by atoms with van der Waals surface area (Å²) in [6.45, 7) is 12.9. The number of nitrogens with one attached hydrogen (secondary N) is 2. The molecule has 1 aliphatic rings. The molecule has 0 bridgehead atoms. The van der Waals surface area contributed by atoms with Crippen LogP contribution in [0.5, 0.6) is 0 Å². The van der Waals surface area contributed by atoms with Crippen molar-refractivity contribution < 1.29 is 0 Å². The van der Waals surface area contributed by atoms with Crippen LogP contribution in [0.4, 0.5) is 0 Å². The van der Waals surface area contributed by atoms with Crippen molar-refractivity contribution >= 4 is 0 Å². The van der Waals surface area contributed by atoms with Crippen LogP contribution >= 0.6 is 0 Å². The van der Waals surface area contributed by atoms with E-state index in [9.17, 15) is 0 Å². The van der Waals surface area contributed by atoms with Gasteiger partial charge in [-0.05, 0) is 43.7 Å². The van der Waals surface area contributed by atoms with Crippen molar-refractivity contribution in [3.8, 4) is 0 Å². The highest BCUT2D eigenvalue weighted by molar-refractivity contribution is 4.76. The van der Waals surface area contributed by atoms with Crippen LogP contribution in [-0.4, -0.2) is 25.7 Å². The first-order chi connectivity index (χ1) is 7.61. The Morgan fingerprint density at radius 3 is 2.31 bits per heavy atom. The van der Waals surface area contributed by atoms with Gasteiger partial charge in [-0.15, -0.1) is 0 Å². The third kappa shape index (κ3) is 4.84. The van der Waals surface area contributed by atoms with Gasteiger partial charge in [0.15, 0.2) is 0 Å². The second kappa shape index (κ2) is 7.29. The van der Waals surface area contributed by atoms with E-state index in [1.807, 2.05) is 0 Å². The summed E-state index contributed by atoms with van der Waals surface area (Å²) in [4.78, 5) is 0. The van der Waals surface area contributed by atoms with Gasteiger partial charge in [-0.25, -0.2) is 0 Å². The zero-order valence-corrected chi connectivity index (χ0v) is 11.6. The largest absolute Gasteiger partial charge is 0.315 e. The Kier molecular flexibility index (Phi) is 6.37. The molecule has 0 aromatic rings. The molecule has 2 N–H and O–H groups in total. The van der Waals surface area contributed by atoms with E-state index in [1.54, 1.807) is 0 Å². The van der Waals surface area contributed by atoms with Crippen LogP contribution in [0.1, 0.15) is 47.0 Å². The summed E-state index contributed by atoms with van der Waals surface area (Å²) >= 11 is 0. The summed E-state index contributed by atoms with van der Waals surface area (Å²) in [7, 11) is 0. The van der Waals surface area contributed by atoms with Crippen molar-refractivity contribution in [3.05, 3.63) is 0 Å². The van der Waals surface area contributed by atoms with Gasteiger partial charge < -0.3 is 10.6 Å². The highest BCUT2D eigenvalue weighted by Gasteiger charge is 2.18. The van der Waals surface area contributed by atoms with E-state index in [-0.39, 0.29) is 0 Å². The Balaban J connectivity index is 2.16. The number of rotatable bonds is 6. The third-order valence-corrected chi connectivity index (χ3v) is 3.90. The third-order valence-electron chi connectivity index (χ3n) is 3.90. The Morgan fingerprint density at radius 1 is 1.12 bits per heavy atom. The van der Waals surface area contributed by atoms with E-state index in [0.717, 1.165) is 24.3 Å². The van der Waals surface area contributed by atoms with E-state index in [4.69, 9.17) is 0 Å². The van der Waals surface area contributed by atoms with Crippen molar-refractivity contribution in [2.75, 3.05) is 19.6 Å². The normalized spacial score (nSPS) is 22.3. The molecular formula is C14H30N2. The molecule has 0 aromatic heterocycles. The average Bonchev–Trinajstić information content (AvgIpc) is 2.24. The first-order valence-electron chi connectivity index (χ1n) is 7.05. The highest BCUT2D eigenvalue weighted by atomic mass is 15.0. The van der Waals surface area contributed by atoms with Crippen molar-refractivity contribution in [1.82, 2.24) is 10.6 Å². The summed E-state index contributed by atoms with van der Waals surface area (Å²) in [6, 6.07) is 0.716. The summed E-state index contributed by atoms with van der Waals surface area (Å²) in [6.07, 6.45) is 4.11. The summed E-state index contributed by atoms with van der Waals surface area (Å²) in [5.74, 6) is 2.38. The van der Waals surface area contributed by atoms with Gasteiger partial charge in [0.05, 0.1) is 0 Å².